The summed E-state index contributed by atoms with van der Waals surface area (Å²) in [5.74, 6) is -0.00887. The van der Waals surface area contributed by atoms with Crippen LogP contribution in [0.3, 0.4) is 0 Å². The van der Waals surface area contributed by atoms with Crippen LogP contribution in [-0.2, 0) is 22.6 Å². The van der Waals surface area contributed by atoms with Gasteiger partial charge in [-0.1, -0.05) is 6.07 Å². The lowest BCUT2D eigenvalue weighted by Crippen LogP contribution is -2.45. The molecule has 0 saturated carbocycles. The lowest BCUT2D eigenvalue weighted by molar-refractivity contribution is -0.140. The molecule has 0 aliphatic carbocycles. The molecule has 0 bridgehead atoms. The molecule has 0 amide bonds. The van der Waals surface area contributed by atoms with E-state index in [0.717, 1.165) is 23.4 Å². The lowest BCUT2D eigenvalue weighted by Gasteiger charge is -2.34. The van der Waals surface area contributed by atoms with E-state index in [1.165, 1.54) is 6.33 Å². The van der Waals surface area contributed by atoms with Crippen molar-refractivity contribution in [1.29, 1.82) is 0 Å². The van der Waals surface area contributed by atoms with Gasteiger partial charge in [0.25, 0.3) is 0 Å². The fraction of sp³-hybridized carbons (Fsp3) is 0.471. The summed E-state index contributed by atoms with van der Waals surface area (Å²) in [5.41, 5.74) is 2.11. The van der Waals surface area contributed by atoms with E-state index in [0.29, 0.717) is 26.3 Å². The third-order valence-corrected chi connectivity index (χ3v) is 4.29. The van der Waals surface area contributed by atoms with Crippen LogP contribution in [-0.4, -0.2) is 63.7 Å². The Labute approximate surface area is 146 Å². The van der Waals surface area contributed by atoms with Crippen molar-refractivity contribution in [2.24, 2.45) is 0 Å². The maximum atomic E-state index is 11.1. The quantitative estimate of drug-likeness (QED) is 0.800. The summed E-state index contributed by atoms with van der Waals surface area (Å²) >= 11 is 0. The number of rotatable bonds is 7. The Hall–Kier alpha value is -2.45. The molecule has 0 spiro atoms. The van der Waals surface area contributed by atoms with Crippen LogP contribution in [0, 0.1) is 0 Å². The first kappa shape index (κ1) is 17.4. The van der Waals surface area contributed by atoms with Gasteiger partial charge in [0.1, 0.15) is 18.4 Å². The summed E-state index contributed by atoms with van der Waals surface area (Å²) < 4.78 is 12.6. The highest BCUT2D eigenvalue weighted by atomic mass is 16.5. The number of morpholine rings is 1. The highest BCUT2D eigenvalue weighted by Crippen LogP contribution is 2.23. The molecule has 1 atom stereocenters. The molecular weight excluding hydrogens is 324 g/mol. The van der Waals surface area contributed by atoms with Crippen molar-refractivity contribution < 1.29 is 19.4 Å². The smallest absolute Gasteiger partial charge is 0.305 e. The van der Waals surface area contributed by atoms with Gasteiger partial charge in [0, 0.05) is 24.7 Å². The number of carboxylic acid groups (broad SMARTS) is 1. The summed E-state index contributed by atoms with van der Waals surface area (Å²) in [4.78, 5) is 17.2. The van der Waals surface area contributed by atoms with E-state index in [4.69, 9.17) is 14.6 Å². The molecule has 8 heteroatoms. The molecule has 2 heterocycles. The van der Waals surface area contributed by atoms with Crippen molar-refractivity contribution >= 4 is 5.97 Å². The zero-order valence-electron chi connectivity index (χ0n) is 14.2. The number of hydrogen-bond acceptors (Lipinski definition) is 6. The van der Waals surface area contributed by atoms with Crippen molar-refractivity contribution in [3.63, 3.8) is 0 Å². The fourth-order valence-corrected chi connectivity index (χ4v) is 3.06. The first-order valence-electron chi connectivity index (χ1n) is 8.17. The Bertz CT molecular complexity index is 705. The summed E-state index contributed by atoms with van der Waals surface area (Å²) in [7, 11) is 1.64. The molecule has 8 nitrogen and oxygen atoms in total. The minimum Gasteiger partial charge on any atom is -0.496 e. The third kappa shape index (κ3) is 4.55. The van der Waals surface area contributed by atoms with Crippen LogP contribution >= 0.6 is 0 Å². The van der Waals surface area contributed by atoms with Crippen LogP contribution in [0.15, 0.2) is 30.9 Å². The maximum absolute atomic E-state index is 11.1. The number of aliphatic carboxylic acids is 1. The first-order valence-corrected chi connectivity index (χ1v) is 8.17. The van der Waals surface area contributed by atoms with E-state index in [-0.39, 0.29) is 12.5 Å². The van der Waals surface area contributed by atoms with E-state index in [2.05, 4.69) is 21.0 Å². The zero-order valence-corrected chi connectivity index (χ0v) is 14.2. The summed E-state index contributed by atoms with van der Waals surface area (Å²) in [6.45, 7) is 3.04. The minimum atomic E-state index is -0.804. The Morgan fingerprint density at radius 3 is 3.04 bits per heavy atom. The highest BCUT2D eigenvalue weighted by molar-refractivity contribution is 5.67. The predicted molar refractivity (Wildman–Crippen MR) is 89.4 cm³/mol. The van der Waals surface area contributed by atoms with Crippen LogP contribution in [0.1, 0.15) is 17.5 Å². The van der Waals surface area contributed by atoms with Crippen molar-refractivity contribution in [2.75, 3.05) is 26.9 Å². The van der Waals surface area contributed by atoms with Crippen molar-refractivity contribution in [2.45, 2.75) is 25.6 Å². The molecule has 1 aliphatic rings. The van der Waals surface area contributed by atoms with Gasteiger partial charge in [-0.05, 0) is 17.7 Å². The summed E-state index contributed by atoms with van der Waals surface area (Å²) in [6.07, 6.45) is 3.25. The normalized spacial score (nSPS) is 18.2. The van der Waals surface area contributed by atoms with Crippen LogP contribution in [0.25, 0.3) is 0 Å². The largest absolute Gasteiger partial charge is 0.496 e. The highest BCUT2D eigenvalue weighted by Gasteiger charge is 2.25. The molecule has 25 heavy (non-hydrogen) atoms. The molecule has 3 rings (SSSR count). The van der Waals surface area contributed by atoms with E-state index >= 15 is 0 Å². The number of hydrogen-bond donors (Lipinski definition) is 1. The molecule has 0 radical (unpaired) electrons. The van der Waals surface area contributed by atoms with Gasteiger partial charge < -0.3 is 14.6 Å². The average molecular weight is 346 g/mol. The second-order valence-corrected chi connectivity index (χ2v) is 6.04. The Morgan fingerprint density at radius 2 is 2.32 bits per heavy atom. The van der Waals surface area contributed by atoms with Gasteiger partial charge in [-0.25, -0.2) is 9.67 Å². The van der Waals surface area contributed by atoms with E-state index in [1.54, 1.807) is 18.1 Å². The monoisotopic (exact) mass is 346 g/mol. The van der Waals surface area contributed by atoms with Crippen LogP contribution < -0.4 is 4.74 Å². The first-order chi connectivity index (χ1) is 12.2. The summed E-state index contributed by atoms with van der Waals surface area (Å²) in [5, 5.41) is 13.2. The number of aromatic nitrogens is 3. The molecule has 1 aromatic carbocycles. The SMILES string of the molecule is COc1ccc(CN2CCOCC2CC(=O)O)cc1Cn1cncn1. The predicted octanol–water partition coefficient (Wildman–Crippen LogP) is 1.01. The number of carbonyl (C=O) groups is 1. The molecule has 1 aromatic heterocycles. The second kappa shape index (κ2) is 8.09. The number of nitrogens with zero attached hydrogens (tertiary/aromatic N) is 4. The van der Waals surface area contributed by atoms with Gasteiger partial charge in [0.15, 0.2) is 0 Å². The Balaban J connectivity index is 1.76. The van der Waals surface area contributed by atoms with Gasteiger partial charge >= 0.3 is 5.97 Å². The van der Waals surface area contributed by atoms with Gasteiger partial charge in [-0.15, -0.1) is 0 Å². The lowest BCUT2D eigenvalue weighted by atomic mass is 10.1. The average Bonchev–Trinajstić information content (AvgIpc) is 3.09. The molecule has 1 N–H and O–H groups in total. The van der Waals surface area contributed by atoms with E-state index in [9.17, 15) is 4.79 Å². The van der Waals surface area contributed by atoms with Gasteiger partial charge in [-0.3, -0.25) is 9.69 Å². The van der Waals surface area contributed by atoms with Crippen LogP contribution in [0.2, 0.25) is 0 Å². The molecule has 134 valence electrons. The van der Waals surface area contributed by atoms with E-state index in [1.807, 2.05) is 12.1 Å². The number of benzene rings is 1. The van der Waals surface area contributed by atoms with Crippen LogP contribution in [0.5, 0.6) is 5.75 Å². The topological polar surface area (TPSA) is 89.7 Å². The van der Waals surface area contributed by atoms with Gasteiger partial charge in [0.2, 0.25) is 0 Å². The third-order valence-electron chi connectivity index (χ3n) is 4.29. The molecule has 1 saturated heterocycles. The van der Waals surface area contributed by atoms with Gasteiger partial charge in [0.05, 0.1) is 33.3 Å². The minimum absolute atomic E-state index is 0.0853. The zero-order chi connectivity index (χ0) is 17.6. The maximum Gasteiger partial charge on any atom is 0.305 e. The number of ether oxygens (including phenoxy) is 2. The standard InChI is InChI=1S/C17H22N4O4/c1-24-16-3-2-13(6-14(16)9-21-12-18-11-19-21)8-20-4-5-25-10-15(20)7-17(22)23/h2-3,6,11-12,15H,4-5,7-10H2,1H3,(H,22,23). The van der Waals surface area contributed by atoms with Gasteiger partial charge in [-0.2, -0.15) is 5.10 Å². The molecule has 2 aromatic rings. The van der Waals surface area contributed by atoms with E-state index < -0.39 is 5.97 Å². The van der Waals surface area contributed by atoms with Crippen molar-refractivity contribution in [3.05, 3.63) is 42.0 Å². The molecular formula is C17H22N4O4. The second-order valence-electron chi connectivity index (χ2n) is 6.04. The molecule has 1 fully saturated rings. The Kier molecular flexibility index (Phi) is 5.62. The molecule has 1 aliphatic heterocycles. The van der Waals surface area contributed by atoms with Crippen molar-refractivity contribution in [3.8, 4) is 5.75 Å². The van der Waals surface area contributed by atoms with Crippen molar-refractivity contribution in [1.82, 2.24) is 19.7 Å². The fourth-order valence-electron chi connectivity index (χ4n) is 3.06. The number of carboxylic acids is 1. The Morgan fingerprint density at radius 1 is 1.44 bits per heavy atom. The summed E-state index contributed by atoms with van der Waals surface area (Å²) in [6, 6.07) is 5.92. The number of methoxy groups -OCH3 is 1. The van der Waals surface area contributed by atoms with Crippen LogP contribution in [0.4, 0.5) is 0 Å². The molecule has 1 unspecified atom stereocenters.